The molecule has 2 amide bonds. The number of rotatable bonds is 6. The van der Waals surface area contributed by atoms with Gasteiger partial charge in [-0.1, -0.05) is 49.4 Å². The van der Waals surface area contributed by atoms with Gasteiger partial charge in [-0.3, -0.25) is 9.59 Å². The molecule has 0 N–H and O–H groups in total. The summed E-state index contributed by atoms with van der Waals surface area (Å²) in [6.45, 7) is 3.19. The van der Waals surface area contributed by atoms with Crippen molar-refractivity contribution >= 4 is 28.8 Å². The third kappa shape index (κ3) is 3.57. The van der Waals surface area contributed by atoms with Crippen LogP contribution in [-0.2, 0) is 16.0 Å². The molecule has 0 unspecified atom stereocenters. The fourth-order valence-electron chi connectivity index (χ4n) is 4.39. The van der Waals surface area contributed by atoms with E-state index in [0.717, 1.165) is 29.0 Å². The molecule has 0 saturated heterocycles. The molecule has 0 aliphatic carbocycles. The third-order valence-electron chi connectivity index (χ3n) is 5.93. The largest absolute Gasteiger partial charge is 0.494 e. The summed E-state index contributed by atoms with van der Waals surface area (Å²) >= 11 is 0. The SMILES string of the molecule is CCCOc1ccc(C2=C(N3CCc4ccccc43)C(=O)N(c3ccccc3F)C2=O)cc1. The maximum absolute atomic E-state index is 14.6. The number of carbonyl (C=O) groups is 2. The Balaban J connectivity index is 1.63. The Kier molecular flexibility index (Phi) is 5.42. The van der Waals surface area contributed by atoms with E-state index in [9.17, 15) is 14.0 Å². The molecule has 0 atom stereocenters. The molecule has 166 valence electrons. The highest BCUT2D eigenvalue weighted by Crippen LogP contribution is 2.40. The van der Waals surface area contributed by atoms with Crippen molar-refractivity contribution in [3.05, 3.63) is 95.4 Å². The molecule has 5 rings (SSSR count). The second-order valence-electron chi connectivity index (χ2n) is 8.02. The second-order valence-corrected chi connectivity index (χ2v) is 8.02. The minimum absolute atomic E-state index is 0.0459. The molecule has 0 bridgehead atoms. The Morgan fingerprint density at radius 1 is 0.879 bits per heavy atom. The summed E-state index contributed by atoms with van der Waals surface area (Å²) < 4.78 is 20.3. The van der Waals surface area contributed by atoms with E-state index < -0.39 is 17.6 Å². The Morgan fingerprint density at radius 3 is 2.30 bits per heavy atom. The Hall–Kier alpha value is -3.93. The fourth-order valence-corrected chi connectivity index (χ4v) is 4.39. The number of fused-ring (bicyclic) bond motifs is 1. The number of benzene rings is 3. The van der Waals surface area contributed by atoms with E-state index in [0.29, 0.717) is 24.5 Å². The van der Waals surface area contributed by atoms with Gasteiger partial charge in [-0.2, -0.15) is 0 Å². The molecule has 0 aromatic heterocycles. The predicted molar refractivity (Wildman–Crippen MR) is 126 cm³/mol. The molecule has 0 saturated carbocycles. The molecular weight excluding hydrogens is 419 g/mol. The molecule has 0 spiro atoms. The monoisotopic (exact) mass is 442 g/mol. The normalized spacial score (nSPS) is 15.5. The summed E-state index contributed by atoms with van der Waals surface area (Å²) in [5.41, 5.74) is 3.09. The zero-order chi connectivity index (χ0) is 22.9. The van der Waals surface area contributed by atoms with Crippen LogP contribution < -0.4 is 14.5 Å². The third-order valence-corrected chi connectivity index (χ3v) is 5.93. The van der Waals surface area contributed by atoms with E-state index in [4.69, 9.17) is 4.74 Å². The topological polar surface area (TPSA) is 49.9 Å². The molecular formula is C27H23FN2O3. The van der Waals surface area contributed by atoms with Crippen LogP contribution in [0.4, 0.5) is 15.8 Å². The maximum atomic E-state index is 14.6. The van der Waals surface area contributed by atoms with Crippen LogP contribution in [-0.4, -0.2) is 25.0 Å². The van der Waals surface area contributed by atoms with Crippen LogP contribution in [0.2, 0.25) is 0 Å². The highest BCUT2D eigenvalue weighted by atomic mass is 19.1. The average Bonchev–Trinajstić information content (AvgIpc) is 3.36. The van der Waals surface area contributed by atoms with Crippen molar-refractivity contribution in [1.29, 1.82) is 0 Å². The lowest BCUT2D eigenvalue weighted by molar-refractivity contribution is -0.120. The average molecular weight is 442 g/mol. The van der Waals surface area contributed by atoms with Crippen molar-refractivity contribution in [2.45, 2.75) is 19.8 Å². The van der Waals surface area contributed by atoms with E-state index in [2.05, 4.69) is 0 Å². The Labute approximate surface area is 191 Å². The molecule has 3 aromatic rings. The summed E-state index contributed by atoms with van der Waals surface area (Å²) in [5, 5.41) is 0. The maximum Gasteiger partial charge on any atom is 0.282 e. The number of nitrogens with zero attached hydrogens (tertiary/aromatic N) is 2. The molecule has 33 heavy (non-hydrogen) atoms. The highest BCUT2D eigenvalue weighted by Gasteiger charge is 2.44. The van der Waals surface area contributed by atoms with E-state index in [1.807, 2.05) is 36.1 Å². The van der Waals surface area contributed by atoms with Gasteiger partial charge >= 0.3 is 0 Å². The molecule has 3 aromatic carbocycles. The Bertz CT molecular complexity index is 1270. The summed E-state index contributed by atoms with van der Waals surface area (Å²) in [5.74, 6) is -0.989. The van der Waals surface area contributed by atoms with Crippen LogP contribution in [0.15, 0.2) is 78.5 Å². The number of amides is 2. The van der Waals surface area contributed by atoms with Crippen molar-refractivity contribution in [1.82, 2.24) is 0 Å². The van der Waals surface area contributed by atoms with Crippen LogP contribution in [0, 0.1) is 5.82 Å². The van der Waals surface area contributed by atoms with E-state index in [1.54, 1.807) is 30.3 Å². The number of ether oxygens (including phenoxy) is 1. The lowest BCUT2D eigenvalue weighted by atomic mass is 10.0. The molecule has 5 nitrogen and oxygen atoms in total. The van der Waals surface area contributed by atoms with Gasteiger partial charge in [0, 0.05) is 12.2 Å². The second kappa shape index (κ2) is 8.54. The van der Waals surface area contributed by atoms with E-state index in [1.165, 1.54) is 18.2 Å². The summed E-state index contributed by atoms with van der Waals surface area (Å²) in [6, 6.07) is 20.8. The summed E-state index contributed by atoms with van der Waals surface area (Å²) in [7, 11) is 0. The van der Waals surface area contributed by atoms with Crippen molar-refractivity contribution in [2.75, 3.05) is 23.0 Å². The first kappa shape index (κ1) is 20.9. The van der Waals surface area contributed by atoms with Crippen molar-refractivity contribution in [3.8, 4) is 5.75 Å². The number of imide groups is 1. The first-order valence-electron chi connectivity index (χ1n) is 11.1. The van der Waals surface area contributed by atoms with Gasteiger partial charge in [-0.15, -0.1) is 0 Å². The summed E-state index contributed by atoms with van der Waals surface area (Å²) in [4.78, 5) is 30.1. The van der Waals surface area contributed by atoms with Gasteiger partial charge in [0.25, 0.3) is 11.8 Å². The zero-order valence-corrected chi connectivity index (χ0v) is 18.3. The predicted octanol–water partition coefficient (Wildman–Crippen LogP) is 4.96. The lowest BCUT2D eigenvalue weighted by Gasteiger charge is -2.22. The van der Waals surface area contributed by atoms with Crippen molar-refractivity contribution in [3.63, 3.8) is 0 Å². The summed E-state index contributed by atoms with van der Waals surface area (Å²) in [6.07, 6.45) is 1.65. The Morgan fingerprint density at radius 2 is 1.58 bits per heavy atom. The van der Waals surface area contributed by atoms with Crippen LogP contribution in [0.1, 0.15) is 24.5 Å². The first-order valence-corrected chi connectivity index (χ1v) is 11.1. The van der Waals surface area contributed by atoms with Gasteiger partial charge in [-0.25, -0.2) is 9.29 Å². The lowest BCUT2D eigenvalue weighted by Crippen LogP contribution is -2.35. The number of halogens is 1. The zero-order valence-electron chi connectivity index (χ0n) is 18.3. The van der Waals surface area contributed by atoms with Crippen LogP contribution in [0.3, 0.4) is 0 Å². The molecule has 2 heterocycles. The van der Waals surface area contributed by atoms with Gasteiger partial charge in [0.15, 0.2) is 0 Å². The number of hydrogen-bond acceptors (Lipinski definition) is 4. The molecule has 0 fully saturated rings. The molecule has 6 heteroatoms. The van der Waals surface area contributed by atoms with E-state index in [-0.39, 0.29) is 17.0 Å². The molecule has 0 radical (unpaired) electrons. The van der Waals surface area contributed by atoms with Gasteiger partial charge < -0.3 is 9.64 Å². The first-order chi connectivity index (χ1) is 16.1. The van der Waals surface area contributed by atoms with Crippen LogP contribution in [0.25, 0.3) is 5.57 Å². The van der Waals surface area contributed by atoms with Gasteiger partial charge in [0.2, 0.25) is 0 Å². The van der Waals surface area contributed by atoms with Crippen molar-refractivity contribution < 1.29 is 18.7 Å². The van der Waals surface area contributed by atoms with Crippen LogP contribution >= 0.6 is 0 Å². The number of para-hydroxylation sites is 2. The van der Waals surface area contributed by atoms with Gasteiger partial charge in [-0.05, 0) is 54.3 Å². The van der Waals surface area contributed by atoms with Crippen molar-refractivity contribution in [2.24, 2.45) is 0 Å². The number of carbonyl (C=O) groups excluding carboxylic acids is 2. The number of anilines is 2. The number of hydrogen-bond donors (Lipinski definition) is 0. The minimum atomic E-state index is -0.620. The van der Waals surface area contributed by atoms with Gasteiger partial charge in [0.05, 0.1) is 17.9 Å². The van der Waals surface area contributed by atoms with E-state index >= 15 is 0 Å². The fraction of sp³-hybridized carbons (Fsp3) is 0.185. The highest BCUT2D eigenvalue weighted by molar-refractivity contribution is 6.46. The molecule has 2 aliphatic heterocycles. The minimum Gasteiger partial charge on any atom is -0.494 e. The van der Waals surface area contributed by atoms with Gasteiger partial charge in [0.1, 0.15) is 17.3 Å². The molecule has 2 aliphatic rings. The smallest absolute Gasteiger partial charge is 0.282 e. The van der Waals surface area contributed by atoms with Crippen LogP contribution in [0.5, 0.6) is 5.75 Å². The quantitative estimate of drug-likeness (QED) is 0.506. The standard InChI is InChI=1S/C27H23FN2O3/c1-2-17-33-20-13-11-19(12-14-20)24-25(29-16-15-18-7-3-5-9-22(18)29)27(32)30(26(24)31)23-10-6-4-8-21(23)28/h3-14H,2,15-17H2,1H3.